The van der Waals surface area contributed by atoms with Gasteiger partial charge in [-0.2, -0.15) is 0 Å². The van der Waals surface area contributed by atoms with Crippen molar-refractivity contribution < 1.29 is 4.84 Å². The number of benzene rings is 1. The second-order valence-corrected chi connectivity index (χ2v) is 6.35. The molecule has 0 amide bonds. The van der Waals surface area contributed by atoms with Crippen LogP contribution in [-0.4, -0.2) is 43.4 Å². The number of nitrogens with two attached hydrogens (primary N) is 1. The normalized spacial score (nSPS) is 17.3. The van der Waals surface area contributed by atoms with Crippen molar-refractivity contribution >= 4 is 11.8 Å². The minimum absolute atomic E-state index is 0.248. The topological polar surface area (TPSA) is 50.5 Å². The molecule has 1 heterocycles. The van der Waals surface area contributed by atoms with E-state index in [2.05, 4.69) is 40.7 Å². The SMILES string of the molecule is CONC1=CCN(CC[C@@H](N)CSc2ccccc2)CC1. The molecule has 0 unspecified atom stereocenters. The molecule has 1 atom stereocenters. The molecule has 1 aliphatic heterocycles. The number of hydrogen-bond acceptors (Lipinski definition) is 5. The zero-order chi connectivity index (χ0) is 14.9. The van der Waals surface area contributed by atoms with Gasteiger partial charge in [-0.3, -0.25) is 15.2 Å². The van der Waals surface area contributed by atoms with E-state index in [-0.39, 0.29) is 6.04 Å². The monoisotopic (exact) mass is 307 g/mol. The Morgan fingerprint density at radius 3 is 2.86 bits per heavy atom. The van der Waals surface area contributed by atoms with Crippen LogP contribution in [0.3, 0.4) is 0 Å². The number of hydrogen-bond donors (Lipinski definition) is 2. The van der Waals surface area contributed by atoms with E-state index in [0.29, 0.717) is 0 Å². The lowest BCUT2D eigenvalue weighted by Gasteiger charge is -2.27. The Morgan fingerprint density at radius 1 is 1.38 bits per heavy atom. The molecule has 0 saturated carbocycles. The van der Waals surface area contributed by atoms with Gasteiger partial charge < -0.3 is 5.73 Å². The third-order valence-corrected chi connectivity index (χ3v) is 4.75. The zero-order valence-corrected chi connectivity index (χ0v) is 13.4. The van der Waals surface area contributed by atoms with Crippen LogP contribution in [0.1, 0.15) is 12.8 Å². The maximum Gasteiger partial charge on any atom is 0.0636 e. The van der Waals surface area contributed by atoms with Gasteiger partial charge in [-0.05, 0) is 31.2 Å². The molecule has 2 rings (SSSR count). The van der Waals surface area contributed by atoms with Gasteiger partial charge in [0.25, 0.3) is 0 Å². The predicted octanol–water partition coefficient (Wildman–Crippen LogP) is 2.24. The summed E-state index contributed by atoms with van der Waals surface area (Å²) >= 11 is 1.84. The van der Waals surface area contributed by atoms with Gasteiger partial charge in [0.05, 0.1) is 7.11 Å². The number of rotatable bonds is 8. The largest absolute Gasteiger partial charge is 0.327 e. The Morgan fingerprint density at radius 2 is 2.19 bits per heavy atom. The molecule has 1 aliphatic rings. The Labute approximate surface area is 131 Å². The molecule has 0 radical (unpaired) electrons. The van der Waals surface area contributed by atoms with Crippen LogP contribution < -0.4 is 11.2 Å². The molecule has 4 nitrogen and oxygen atoms in total. The van der Waals surface area contributed by atoms with Gasteiger partial charge in [0.15, 0.2) is 0 Å². The van der Waals surface area contributed by atoms with Crippen LogP contribution in [0.2, 0.25) is 0 Å². The van der Waals surface area contributed by atoms with Crippen molar-refractivity contribution in [2.45, 2.75) is 23.8 Å². The van der Waals surface area contributed by atoms with Crippen molar-refractivity contribution in [2.24, 2.45) is 5.73 Å². The molecule has 21 heavy (non-hydrogen) atoms. The molecule has 5 heteroatoms. The first-order valence-electron chi connectivity index (χ1n) is 7.41. The van der Waals surface area contributed by atoms with Crippen molar-refractivity contribution in [3.63, 3.8) is 0 Å². The summed E-state index contributed by atoms with van der Waals surface area (Å²) in [4.78, 5) is 8.66. The molecule has 0 spiro atoms. The maximum absolute atomic E-state index is 6.22. The third-order valence-electron chi connectivity index (χ3n) is 3.55. The number of thioether (sulfide) groups is 1. The van der Waals surface area contributed by atoms with Gasteiger partial charge >= 0.3 is 0 Å². The molecule has 0 aromatic heterocycles. The average molecular weight is 307 g/mol. The first-order chi connectivity index (χ1) is 10.3. The Hall–Kier alpha value is -1.01. The summed E-state index contributed by atoms with van der Waals surface area (Å²) in [6.45, 7) is 3.11. The molecule has 0 saturated heterocycles. The Bertz CT molecular complexity index is 438. The summed E-state index contributed by atoms with van der Waals surface area (Å²) in [5.74, 6) is 0.976. The molecule has 0 aliphatic carbocycles. The van der Waals surface area contributed by atoms with E-state index in [1.54, 1.807) is 7.11 Å². The smallest absolute Gasteiger partial charge is 0.0636 e. The van der Waals surface area contributed by atoms with Crippen LogP contribution in [0, 0.1) is 0 Å². The van der Waals surface area contributed by atoms with Crippen LogP contribution in [-0.2, 0) is 4.84 Å². The summed E-state index contributed by atoms with van der Waals surface area (Å²) in [6.07, 6.45) is 4.25. The van der Waals surface area contributed by atoms with Crippen LogP contribution >= 0.6 is 11.8 Å². The molecule has 1 aromatic rings. The van der Waals surface area contributed by atoms with Gasteiger partial charge in [-0.1, -0.05) is 18.2 Å². The van der Waals surface area contributed by atoms with Crippen molar-refractivity contribution in [2.75, 3.05) is 32.5 Å². The van der Waals surface area contributed by atoms with Gasteiger partial charge in [-0.25, -0.2) is 0 Å². The van der Waals surface area contributed by atoms with Crippen LogP contribution in [0.25, 0.3) is 0 Å². The summed E-state index contributed by atoms with van der Waals surface area (Å²) in [6, 6.07) is 10.7. The number of nitrogens with one attached hydrogen (secondary N) is 1. The van der Waals surface area contributed by atoms with Gasteiger partial charge in [0, 0.05) is 41.9 Å². The second-order valence-electron chi connectivity index (χ2n) is 5.26. The number of nitrogens with zero attached hydrogens (tertiary/aromatic N) is 1. The first kappa shape index (κ1) is 16.4. The van der Waals surface area contributed by atoms with Crippen LogP contribution in [0.5, 0.6) is 0 Å². The van der Waals surface area contributed by atoms with E-state index in [1.165, 1.54) is 10.6 Å². The zero-order valence-electron chi connectivity index (χ0n) is 12.6. The fourth-order valence-corrected chi connectivity index (χ4v) is 3.21. The van der Waals surface area contributed by atoms with Crippen molar-refractivity contribution in [3.8, 4) is 0 Å². The highest BCUT2D eigenvalue weighted by molar-refractivity contribution is 7.99. The predicted molar refractivity (Wildman–Crippen MR) is 89.0 cm³/mol. The fraction of sp³-hybridized carbons (Fsp3) is 0.500. The highest BCUT2D eigenvalue weighted by Gasteiger charge is 2.13. The molecular formula is C16H25N3OS. The summed E-state index contributed by atoms with van der Waals surface area (Å²) in [5, 5.41) is 0. The molecule has 116 valence electrons. The lowest BCUT2D eigenvalue weighted by Crippen LogP contribution is -2.36. The number of hydroxylamine groups is 1. The van der Waals surface area contributed by atoms with E-state index in [9.17, 15) is 0 Å². The van der Waals surface area contributed by atoms with Crippen molar-refractivity contribution in [3.05, 3.63) is 42.1 Å². The standard InChI is InChI=1S/C16H25N3OS/c1-20-18-15-8-11-19(12-9-15)10-7-14(17)13-21-16-5-3-2-4-6-16/h2-6,8,14,18H,7,9-13,17H2,1H3/t14-/m1/s1. The molecule has 0 fully saturated rings. The minimum atomic E-state index is 0.248. The first-order valence-corrected chi connectivity index (χ1v) is 8.40. The summed E-state index contributed by atoms with van der Waals surface area (Å²) in [7, 11) is 1.65. The Balaban J connectivity index is 1.62. The van der Waals surface area contributed by atoms with E-state index in [1.807, 2.05) is 17.8 Å². The lowest BCUT2D eigenvalue weighted by molar-refractivity contribution is 0.109. The van der Waals surface area contributed by atoms with E-state index in [0.717, 1.165) is 38.2 Å². The summed E-state index contributed by atoms with van der Waals surface area (Å²) < 4.78 is 0. The van der Waals surface area contributed by atoms with E-state index < -0.39 is 0 Å². The van der Waals surface area contributed by atoms with Crippen molar-refractivity contribution in [1.82, 2.24) is 10.4 Å². The van der Waals surface area contributed by atoms with Gasteiger partial charge in [0.1, 0.15) is 0 Å². The molecule has 3 N–H and O–H groups in total. The van der Waals surface area contributed by atoms with Crippen LogP contribution in [0.15, 0.2) is 47.0 Å². The van der Waals surface area contributed by atoms with Crippen molar-refractivity contribution in [1.29, 1.82) is 0 Å². The quantitative estimate of drug-likeness (QED) is 0.570. The molecule has 1 aromatic carbocycles. The van der Waals surface area contributed by atoms with Crippen LogP contribution in [0.4, 0.5) is 0 Å². The highest BCUT2D eigenvalue weighted by Crippen LogP contribution is 2.18. The second kappa shape index (κ2) is 9.10. The van der Waals surface area contributed by atoms with E-state index in [4.69, 9.17) is 10.6 Å². The lowest BCUT2D eigenvalue weighted by atomic mass is 10.1. The molecular weight excluding hydrogens is 282 g/mol. The summed E-state index contributed by atoms with van der Waals surface area (Å²) in [5.41, 5.74) is 10.3. The third kappa shape index (κ3) is 6.09. The van der Waals surface area contributed by atoms with Gasteiger partial charge in [-0.15, -0.1) is 11.8 Å². The fourth-order valence-electron chi connectivity index (χ4n) is 2.29. The maximum atomic E-state index is 6.22. The molecule has 0 bridgehead atoms. The minimum Gasteiger partial charge on any atom is -0.327 e. The van der Waals surface area contributed by atoms with Gasteiger partial charge in [0.2, 0.25) is 0 Å². The Kier molecular flexibility index (Phi) is 7.09. The van der Waals surface area contributed by atoms with E-state index >= 15 is 0 Å². The highest BCUT2D eigenvalue weighted by atomic mass is 32.2. The average Bonchev–Trinajstić information content (AvgIpc) is 2.53.